The highest BCUT2D eigenvalue weighted by atomic mass is 79.9. The number of halogens is 5. The Kier molecular flexibility index (Phi) is 5.31. The van der Waals surface area contributed by atoms with E-state index >= 15 is 0 Å². The molecule has 6 heteroatoms. The van der Waals surface area contributed by atoms with Gasteiger partial charge in [-0.2, -0.15) is 13.2 Å². The molecule has 1 aromatic carbocycles. The van der Waals surface area contributed by atoms with E-state index < -0.39 is 11.7 Å². The minimum Gasteiger partial charge on any atom is -0.293 e. The monoisotopic (exact) mass is 302 g/mol. The van der Waals surface area contributed by atoms with Gasteiger partial charge in [0.2, 0.25) is 0 Å². The maximum Gasteiger partial charge on any atom is 0.416 e. The van der Waals surface area contributed by atoms with Gasteiger partial charge in [-0.05, 0) is 12.1 Å². The number of rotatable bonds is 2. The van der Waals surface area contributed by atoms with Crippen molar-refractivity contribution in [3.63, 3.8) is 0 Å². The summed E-state index contributed by atoms with van der Waals surface area (Å²) in [6.07, 6.45) is -4.35. The first-order valence-corrected chi connectivity index (χ1v) is 4.83. The third-order valence-electron chi connectivity index (χ3n) is 1.66. The number of Topliss-reactive ketones (excluding diaryl/α,β-unsaturated/α-hetero) is 1. The zero-order valence-electron chi connectivity index (χ0n) is 7.34. The average molecular weight is 304 g/mol. The molecule has 0 unspecified atom stereocenters. The summed E-state index contributed by atoms with van der Waals surface area (Å²) in [6.45, 7) is 0. The van der Waals surface area contributed by atoms with Crippen molar-refractivity contribution < 1.29 is 18.0 Å². The lowest BCUT2D eigenvalue weighted by atomic mass is 10.1. The van der Waals surface area contributed by atoms with Crippen molar-refractivity contribution >= 4 is 34.1 Å². The van der Waals surface area contributed by atoms with Crippen LogP contribution < -0.4 is 0 Å². The molecule has 0 amide bonds. The summed E-state index contributed by atoms with van der Waals surface area (Å²) in [7, 11) is 0. The van der Waals surface area contributed by atoms with Crippen molar-refractivity contribution in [2.75, 3.05) is 5.33 Å². The second-order valence-electron chi connectivity index (χ2n) is 2.63. The fraction of sp³-hybridized carbons (Fsp3) is 0.222. The van der Waals surface area contributed by atoms with Crippen LogP contribution >= 0.6 is 28.3 Å². The molecular weight excluding hydrogens is 296 g/mol. The van der Waals surface area contributed by atoms with E-state index in [4.69, 9.17) is 0 Å². The summed E-state index contributed by atoms with van der Waals surface area (Å²) in [5, 5.41) is 0.109. The van der Waals surface area contributed by atoms with Crippen LogP contribution in [0.25, 0.3) is 0 Å². The van der Waals surface area contributed by atoms with Crippen molar-refractivity contribution in [1.82, 2.24) is 0 Å². The molecule has 0 radical (unpaired) electrons. The molecular formula is C9H7BrClF3O. The van der Waals surface area contributed by atoms with Crippen molar-refractivity contribution in [3.8, 4) is 0 Å². The minimum atomic E-state index is -4.35. The van der Waals surface area contributed by atoms with E-state index in [2.05, 4.69) is 15.9 Å². The molecule has 0 bridgehead atoms. The molecule has 0 heterocycles. The number of carbonyl (C=O) groups excluding carboxylic acids is 1. The van der Waals surface area contributed by atoms with Gasteiger partial charge >= 0.3 is 6.18 Å². The van der Waals surface area contributed by atoms with Crippen molar-refractivity contribution in [1.29, 1.82) is 0 Å². The van der Waals surface area contributed by atoms with Crippen LogP contribution in [0.4, 0.5) is 13.2 Å². The van der Waals surface area contributed by atoms with Crippen LogP contribution in [0.5, 0.6) is 0 Å². The molecule has 0 saturated heterocycles. The van der Waals surface area contributed by atoms with Gasteiger partial charge in [0.25, 0.3) is 0 Å². The summed E-state index contributed by atoms with van der Waals surface area (Å²) < 4.78 is 36.3. The van der Waals surface area contributed by atoms with E-state index in [1.807, 2.05) is 0 Å². The predicted molar refractivity (Wildman–Crippen MR) is 56.8 cm³/mol. The van der Waals surface area contributed by atoms with E-state index in [-0.39, 0.29) is 29.1 Å². The van der Waals surface area contributed by atoms with Gasteiger partial charge in [-0.1, -0.05) is 28.1 Å². The molecule has 0 atom stereocenters. The highest BCUT2D eigenvalue weighted by Gasteiger charge is 2.30. The Balaban J connectivity index is 0.00000196. The SMILES string of the molecule is Cl.O=C(CBr)c1ccc(C(F)(F)F)cc1. The molecule has 0 spiro atoms. The van der Waals surface area contributed by atoms with Crippen molar-refractivity contribution in [2.24, 2.45) is 0 Å². The predicted octanol–water partition coefficient (Wildman–Crippen LogP) is 3.70. The zero-order valence-corrected chi connectivity index (χ0v) is 9.75. The van der Waals surface area contributed by atoms with Crippen LogP contribution in [0.3, 0.4) is 0 Å². The van der Waals surface area contributed by atoms with Gasteiger partial charge in [-0.15, -0.1) is 12.4 Å². The van der Waals surface area contributed by atoms with E-state index in [0.717, 1.165) is 12.1 Å². The maximum absolute atomic E-state index is 12.1. The van der Waals surface area contributed by atoms with Crippen LogP contribution in [0.1, 0.15) is 15.9 Å². The highest BCUT2D eigenvalue weighted by Crippen LogP contribution is 2.29. The molecule has 15 heavy (non-hydrogen) atoms. The first kappa shape index (κ1) is 14.5. The normalized spacial score (nSPS) is 10.7. The summed E-state index contributed by atoms with van der Waals surface area (Å²) in [5.41, 5.74) is -0.474. The Labute approximate surface area is 99.2 Å². The Morgan fingerprint density at radius 3 is 2.00 bits per heavy atom. The van der Waals surface area contributed by atoms with Crippen LogP contribution in [0.15, 0.2) is 24.3 Å². The maximum atomic E-state index is 12.1. The zero-order chi connectivity index (χ0) is 10.8. The average Bonchev–Trinajstić information content (AvgIpc) is 2.15. The smallest absolute Gasteiger partial charge is 0.293 e. The highest BCUT2D eigenvalue weighted by molar-refractivity contribution is 9.09. The molecule has 0 aliphatic carbocycles. The Morgan fingerprint density at radius 1 is 1.20 bits per heavy atom. The summed E-state index contributed by atoms with van der Waals surface area (Å²) in [6, 6.07) is 4.14. The van der Waals surface area contributed by atoms with E-state index in [1.54, 1.807) is 0 Å². The van der Waals surface area contributed by atoms with Gasteiger partial charge in [0.05, 0.1) is 10.9 Å². The second-order valence-corrected chi connectivity index (χ2v) is 3.19. The molecule has 1 aromatic rings. The van der Waals surface area contributed by atoms with Gasteiger partial charge in [-0.3, -0.25) is 4.79 Å². The van der Waals surface area contributed by atoms with Crippen LogP contribution in [0.2, 0.25) is 0 Å². The molecule has 0 N–H and O–H groups in total. The van der Waals surface area contributed by atoms with Gasteiger partial charge in [0, 0.05) is 5.56 Å². The molecule has 0 saturated carbocycles. The van der Waals surface area contributed by atoms with Crippen LogP contribution in [0, 0.1) is 0 Å². The van der Waals surface area contributed by atoms with Crippen LogP contribution in [-0.2, 0) is 6.18 Å². The van der Waals surface area contributed by atoms with Gasteiger partial charge in [-0.25, -0.2) is 0 Å². The Morgan fingerprint density at radius 2 is 1.67 bits per heavy atom. The fourth-order valence-electron chi connectivity index (χ4n) is 0.922. The van der Waals surface area contributed by atoms with Gasteiger partial charge in [0.15, 0.2) is 5.78 Å². The quantitative estimate of drug-likeness (QED) is 0.601. The third-order valence-corrected chi connectivity index (χ3v) is 2.16. The first-order valence-electron chi connectivity index (χ1n) is 3.71. The van der Waals surface area contributed by atoms with Crippen LogP contribution in [-0.4, -0.2) is 11.1 Å². The largest absolute Gasteiger partial charge is 0.416 e. The summed E-state index contributed by atoms with van der Waals surface area (Å²) in [5.74, 6) is -0.237. The standard InChI is InChI=1S/C9H6BrF3O.ClH/c10-5-8(14)6-1-3-7(4-2-6)9(11,12)13;/h1-4H,5H2;1H. The molecule has 0 aliphatic rings. The van der Waals surface area contributed by atoms with E-state index in [0.29, 0.717) is 0 Å². The lowest BCUT2D eigenvalue weighted by Gasteiger charge is -2.06. The molecule has 1 nitrogen and oxygen atoms in total. The molecule has 84 valence electrons. The molecule has 0 fully saturated rings. The molecule has 0 aliphatic heterocycles. The fourth-order valence-corrected chi connectivity index (χ4v) is 1.25. The number of hydrogen-bond acceptors (Lipinski definition) is 1. The summed E-state index contributed by atoms with van der Waals surface area (Å²) in [4.78, 5) is 11.0. The van der Waals surface area contributed by atoms with Crippen molar-refractivity contribution in [3.05, 3.63) is 35.4 Å². The lowest BCUT2D eigenvalue weighted by molar-refractivity contribution is -0.137. The summed E-state index contributed by atoms with van der Waals surface area (Å²) >= 11 is 2.94. The van der Waals surface area contributed by atoms with Gasteiger partial charge in [0.1, 0.15) is 0 Å². The van der Waals surface area contributed by atoms with Crippen molar-refractivity contribution in [2.45, 2.75) is 6.18 Å². The lowest BCUT2D eigenvalue weighted by Crippen LogP contribution is -2.06. The number of hydrogen-bond donors (Lipinski definition) is 0. The third kappa shape index (κ3) is 3.83. The topological polar surface area (TPSA) is 17.1 Å². The Bertz CT molecular complexity index is 334. The number of alkyl halides is 4. The number of carbonyl (C=O) groups is 1. The molecule has 0 aromatic heterocycles. The van der Waals surface area contributed by atoms with E-state index in [1.165, 1.54) is 12.1 Å². The van der Waals surface area contributed by atoms with E-state index in [9.17, 15) is 18.0 Å². The Hall–Kier alpha value is -0.550. The number of ketones is 1. The first-order chi connectivity index (χ1) is 6.45. The minimum absolute atomic E-state index is 0. The number of benzene rings is 1. The molecule has 1 rings (SSSR count). The second kappa shape index (κ2) is 5.51. The van der Waals surface area contributed by atoms with Gasteiger partial charge < -0.3 is 0 Å².